The Hall–Kier alpha value is -4.43. The molecule has 3 aromatic carbocycles. The number of phenolic OH excluding ortho intramolecular Hbond substituents is 1. The first-order valence-corrected chi connectivity index (χ1v) is 12.1. The molecule has 2 aliphatic rings. The third kappa shape index (κ3) is 3.37. The molecular weight excluding hydrogens is 470 g/mol. The number of nitrogens with one attached hydrogen (secondary N) is 2. The standard InChI is InChI=1S/C29H25N3O5/c1-16-10-12-18(13-11-16)32-26(34)23-24(27(32)35)29(28(36)37,31-25(23)20-7-3-5-9-22(20)33)14-17-15-30-21-8-4-2-6-19(17)21/h2-13,15,23-25,30-31,33H,14H2,1H3,(H,36,37). The Bertz CT molecular complexity index is 1560. The van der Waals surface area contributed by atoms with Gasteiger partial charge in [0, 0.05) is 35.1 Å². The first-order chi connectivity index (χ1) is 17.8. The van der Waals surface area contributed by atoms with E-state index < -0.39 is 41.2 Å². The Morgan fingerprint density at radius 1 is 0.973 bits per heavy atom. The van der Waals surface area contributed by atoms with Crippen LogP contribution >= 0.6 is 0 Å². The van der Waals surface area contributed by atoms with Crippen LogP contribution in [-0.2, 0) is 20.8 Å². The second-order valence-electron chi connectivity index (χ2n) is 9.84. The number of aliphatic carboxylic acids is 1. The number of para-hydroxylation sites is 2. The lowest BCUT2D eigenvalue weighted by molar-refractivity contribution is -0.148. The zero-order valence-electron chi connectivity index (χ0n) is 20.0. The predicted molar refractivity (Wildman–Crippen MR) is 137 cm³/mol. The van der Waals surface area contributed by atoms with Gasteiger partial charge in [-0.25, -0.2) is 4.90 Å². The number of anilines is 1. The van der Waals surface area contributed by atoms with Crippen molar-refractivity contribution in [1.82, 2.24) is 10.3 Å². The largest absolute Gasteiger partial charge is 0.508 e. The average molecular weight is 496 g/mol. The number of H-pyrrole nitrogens is 1. The van der Waals surface area contributed by atoms with Gasteiger partial charge >= 0.3 is 5.97 Å². The van der Waals surface area contributed by atoms with Crippen LogP contribution in [-0.4, -0.2) is 38.5 Å². The lowest BCUT2D eigenvalue weighted by Crippen LogP contribution is -2.57. The monoisotopic (exact) mass is 495 g/mol. The molecule has 0 radical (unpaired) electrons. The van der Waals surface area contributed by atoms with E-state index in [-0.39, 0.29) is 12.2 Å². The van der Waals surface area contributed by atoms with E-state index in [2.05, 4.69) is 10.3 Å². The van der Waals surface area contributed by atoms with Crippen molar-refractivity contribution >= 4 is 34.4 Å². The summed E-state index contributed by atoms with van der Waals surface area (Å²) in [5.41, 5.74) is 1.53. The quantitative estimate of drug-likeness (QED) is 0.313. The number of nitrogens with zero attached hydrogens (tertiary/aromatic N) is 1. The number of hydrogen-bond acceptors (Lipinski definition) is 5. The van der Waals surface area contributed by atoms with Crippen LogP contribution in [0.1, 0.15) is 22.7 Å². The van der Waals surface area contributed by atoms with E-state index in [0.29, 0.717) is 11.3 Å². The number of benzene rings is 3. The average Bonchev–Trinajstić information content (AvgIpc) is 3.53. The summed E-state index contributed by atoms with van der Waals surface area (Å²) in [7, 11) is 0. The summed E-state index contributed by atoms with van der Waals surface area (Å²) in [5.74, 6) is -4.53. The molecule has 2 aliphatic heterocycles. The zero-order chi connectivity index (χ0) is 25.9. The SMILES string of the molecule is Cc1ccc(N2C(=O)C3C(c4ccccc4O)NC(Cc4c[nH]c5ccccc45)(C(=O)O)C3C2=O)cc1. The normalized spacial score (nSPS) is 25.1. The fraction of sp³-hybridized carbons (Fsp3) is 0.207. The number of amides is 2. The molecule has 4 unspecified atom stereocenters. The molecular formula is C29H25N3O5. The van der Waals surface area contributed by atoms with Crippen LogP contribution in [0.5, 0.6) is 5.75 Å². The summed E-state index contributed by atoms with van der Waals surface area (Å²) in [4.78, 5) is 45.3. The number of carbonyl (C=O) groups excluding carboxylic acids is 2. The van der Waals surface area contributed by atoms with E-state index in [0.717, 1.165) is 26.9 Å². The molecule has 37 heavy (non-hydrogen) atoms. The van der Waals surface area contributed by atoms with Crippen LogP contribution in [0, 0.1) is 18.8 Å². The van der Waals surface area contributed by atoms with Gasteiger partial charge in [-0.2, -0.15) is 0 Å². The van der Waals surface area contributed by atoms with Gasteiger partial charge < -0.3 is 15.2 Å². The maximum absolute atomic E-state index is 14.0. The van der Waals surface area contributed by atoms with Gasteiger partial charge in [0.15, 0.2) is 0 Å². The third-order valence-corrected chi connectivity index (χ3v) is 7.74. The highest BCUT2D eigenvalue weighted by atomic mass is 16.4. The number of imide groups is 1. The fourth-order valence-corrected chi connectivity index (χ4v) is 5.98. The molecule has 0 bridgehead atoms. The minimum Gasteiger partial charge on any atom is -0.508 e. The van der Waals surface area contributed by atoms with Gasteiger partial charge in [-0.1, -0.05) is 54.1 Å². The number of aromatic nitrogens is 1. The molecule has 4 aromatic rings. The Balaban J connectivity index is 1.52. The minimum absolute atomic E-state index is 0.0294. The maximum atomic E-state index is 14.0. The van der Waals surface area contributed by atoms with E-state index in [9.17, 15) is 24.6 Å². The highest BCUT2D eigenvalue weighted by molar-refractivity contribution is 6.24. The molecule has 4 N–H and O–H groups in total. The zero-order valence-corrected chi connectivity index (χ0v) is 20.0. The highest BCUT2D eigenvalue weighted by Gasteiger charge is 2.69. The molecule has 0 saturated carbocycles. The molecule has 2 amide bonds. The number of fused-ring (bicyclic) bond motifs is 2. The van der Waals surface area contributed by atoms with Crippen molar-refractivity contribution in [2.24, 2.45) is 11.8 Å². The van der Waals surface area contributed by atoms with E-state index in [1.807, 2.05) is 31.2 Å². The van der Waals surface area contributed by atoms with E-state index >= 15 is 0 Å². The number of aromatic amines is 1. The molecule has 2 fully saturated rings. The topological polar surface area (TPSA) is 123 Å². The lowest BCUT2D eigenvalue weighted by atomic mass is 9.76. The molecule has 8 nitrogen and oxygen atoms in total. The van der Waals surface area contributed by atoms with Gasteiger partial charge in [0.1, 0.15) is 11.3 Å². The summed E-state index contributed by atoms with van der Waals surface area (Å²) in [5, 5.41) is 25.4. The van der Waals surface area contributed by atoms with Crippen LogP contribution in [0.25, 0.3) is 10.9 Å². The number of phenols is 1. The number of carboxylic acids is 1. The van der Waals surface area contributed by atoms with Crippen molar-refractivity contribution in [2.75, 3.05) is 4.90 Å². The molecule has 8 heteroatoms. The van der Waals surface area contributed by atoms with Crippen LogP contribution in [0.4, 0.5) is 5.69 Å². The van der Waals surface area contributed by atoms with Crippen molar-refractivity contribution in [3.8, 4) is 5.75 Å². The smallest absolute Gasteiger partial charge is 0.325 e. The maximum Gasteiger partial charge on any atom is 0.325 e. The predicted octanol–water partition coefficient (Wildman–Crippen LogP) is 3.70. The molecule has 186 valence electrons. The number of hydrogen-bond donors (Lipinski definition) is 4. The lowest BCUT2D eigenvalue weighted by Gasteiger charge is -2.31. The fourth-order valence-electron chi connectivity index (χ4n) is 5.98. The molecule has 3 heterocycles. The summed E-state index contributed by atoms with van der Waals surface area (Å²) >= 11 is 0. The number of carbonyl (C=O) groups is 3. The number of carboxylic acid groups (broad SMARTS) is 1. The van der Waals surface area contributed by atoms with Crippen molar-refractivity contribution in [3.63, 3.8) is 0 Å². The van der Waals surface area contributed by atoms with Crippen molar-refractivity contribution in [3.05, 3.63) is 95.7 Å². The van der Waals surface area contributed by atoms with Gasteiger partial charge in [0.25, 0.3) is 0 Å². The van der Waals surface area contributed by atoms with Gasteiger partial charge in [0.05, 0.1) is 17.5 Å². The Kier molecular flexibility index (Phi) is 5.17. The van der Waals surface area contributed by atoms with E-state index in [1.54, 1.807) is 48.7 Å². The highest BCUT2D eigenvalue weighted by Crippen LogP contribution is 2.52. The number of rotatable bonds is 5. The Morgan fingerprint density at radius 2 is 1.68 bits per heavy atom. The van der Waals surface area contributed by atoms with Gasteiger partial charge in [-0.15, -0.1) is 0 Å². The Labute approximate surface area is 212 Å². The third-order valence-electron chi connectivity index (χ3n) is 7.74. The van der Waals surface area contributed by atoms with Gasteiger partial charge in [0.2, 0.25) is 11.8 Å². The van der Waals surface area contributed by atoms with E-state index in [4.69, 9.17) is 0 Å². The summed E-state index contributed by atoms with van der Waals surface area (Å²) < 4.78 is 0. The van der Waals surface area contributed by atoms with Crippen molar-refractivity contribution in [1.29, 1.82) is 0 Å². The molecule has 4 atom stereocenters. The molecule has 0 spiro atoms. The summed E-state index contributed by atoms with van der Waals surface area (Å²) in [6.07, 6.45) is 1.72. The van der Waals surface area contributed by atoms with Crippen molar-refractivity contribution in [2.45, 2.75) is 24.9 Å². The van der Waals surface area contributed by atoms with E-state index in [1.165, 1.54) is 6.07 Å². The van der Waals surface area contributed by atoms with Crippen LogP contribution in [0.15, 0.2) is 79.0 Å². The first kappa shape index (κ1) is 23.0. The second-order valence-corrected chi connectivity index (χ2v) is 9.84. The number of aryl methyl sites for hydroxylation is 1. The van der Waals surface area contributed by atoms with Gasteiger partial charge in [-0.05, 0) is 36.8 Å². The van der Waals surface area contributed by atoms with Gasteiger partial charge in [-0.3, -0.25) is 19.7 Å². The molecule has 2 saturated heterocycles. The minimum atomic E-state index is -1.78. The van der Waals surface area contributed by atoms with Crippen LogP contribution in [0.3, 0.4) is 0 Å². The Morgan fingerprint density at radius 3 is 2.41 bits per heavy atom. The second kappa shape index (κ2) is 8.31. The van der Waals surface area contributed by atoms with Crippen LogP contribution < -0.4 is 10.2 Å². The summed E-state index contributed by atoms with van der Waals surface area (Å²) in [6.45, 7) is 1.90. The number of aromatic hydroxyl groups is 1. The van der Waals surface area contributed by atoms with Crippen LogP contribution in [0.2, 0.25) is 0 Å². The molecule has 0 aliphatic carbocycles. The molecule has 6 rings (SSSR count). The first-order valence-electron chi connectivity index (χ1n) is 12.1. The molecule has 1 aromatic heterocycles. The van der Waals surface area contributed by atoms with Crippen molar-refractivity contribution < 1.29 is 24.6 Å². The summed E-state index contributed by atoms with van der Waals surface area (Å²) in [6, 6.07) is 20.2.